The highest BCUT2D eigenvalue weighted by atomic mass is 19.4. The van der Waals surface area contributed by atoms with Gasteiger partial charge in [-0.1, -0.05) is 30.3 Å². The van der Waals surface area contributed by atoms with Crippen LogP contribution in [0.2, 0.25) is 0 Å². The second kappa shape index (κ2) is 9.03. The normalized spacial score (nSPS) is 15.2. The quantitative estimate of drug-likeness (QED) is 0.754. The Kier molecular flexibility index (Phi) is 6.43. The van der Waals surface area contributed by atoms with Gasteiger partial charge in [0.15, 0.2) is 0 Å². The minimum Gasteiger partial charge on any atom is -0.343 e. The largest absolute Gasteiger partial charge is 0.405 e. The average Bonchev–Trinajstić information content (AvgIpc) is 2.71. The molecule has 0 radical (unpaired) electrons. The topological polar surface area (TPSA) is 78.5 Å². The predicted octanol–water partition coefficient (Wildman–Crippen LogP) is 3.88. The fourth-order valence-corrected chi connectivity index (χ4v) is 3.32. The molecule has 0 unspecified atom stereocenters. The van der Waals surface area contributed by atoms with Crippen LogP contribution in [0.25, 0.3) is 6.08 Å². The Morgan fingerprint density at radius 3 is 2.52 bits per heavy atom. The fraction of sp³-hybridized carbons (Fsp3) is 0.227. The third-order valence-electron chi connectivity index (χ3n) is 4.71. The molecule has 9 heteroatoms. The van der Waals surface area contributed by atoms with Gasteiger partial charge < -0.3 is 15.5 Å². The summed E-state index contributed by atoms with van der Waals surface area (Å²) >= 11 is 0. The van der Waals surface area contributed by atoms with Crippen molar-refractivity contribution in [2.75, 3.05) is 11.9 Å². The van der Waals surface area contributed by atoms with Crippen molar-refractivity contribution in [1.82, 2.24) is 10.2 Å². The summed E-state index contributed by atoms with van der Waals surface area (Å²) in [6, 6.07) is 12.5. The standard InChI is InChI=1S/C22H20F3N3O3/c1-14(29)28-10-9-15-5-2-3-8-18(15)19(28)12-20(30)27-17-7-4-6-16(11-17)21(31)26-13-22(23,24)25/h2-11,19H,12-13H2,1H3,(H,26,31)(H,27,30)/t19-/m1/s1. The van der Waals surface area contributed by atoms with E-state index in [9.17, 15) is 27.6 Å². The smallest absolute Gasteiger partial charge is 0.343 e. The van der Waals surface area contributed by atoms with Crippen LogP contribution in [0, 0.1) is 0 Å². The summed E-state index contributed by atoms with van der Waals surface area (Å²) in [5, 5.41) is 4.43. The lowest BCUT2D eigenvalue weighted by Gasteiger charge is -2.32. The highest BCUT2D eigenvalue weighted by Crippen LogP contribution is 2.33. The van der Waals surface area contributed by atoms with Crippen molar-refractivity contribution in [2.24, 2.45) is 0 Å². The van der Waals surface area contributed by atoms with Gasteiger partial charge in [0.05, 0.1) is 12.5 Å². The number of nitrogens with one attached hydrogen (secondary N) is 2. The third kappa shape index (κ3) is 5.71. The van der Waals surface area contributed by atoms with Gasteiger partial charge in [-0.15, -0.1) is 0 Å². The van der Waals surface area contributed by atoms with Crippen molar-refractivity contribution in [1.29, 1.82) is 0 Å². The summed E-state index contributed by atoms with van der Waals surface area (Å²) in [5.41, 5.74) is 1.98. The second-order valence-electron chi connectivity index (χ2n) is 7.02. The van der Waals surface area contributed by atoms with Gasteiger partial charge in [-0.2, -0.15) is 13.2 Å². The van der Waals surface area contributed by atoms with E-state index >= 15 is 0 Å². The number of nitrogens with zero attached hydrogens (tertiary/aromatic N) is 1. The molecule has 0 aromatic heterocycles. The maximum Gasteiger partial charge on any atom is 0.405 e. The molecule has 0 fully saturated rings. The first kappa shape index (κ1) is 22.1. The number of hydrogen-bond acceptors (Lipinski definition) is 3. The monoisotopic (exact) mass is 431 g/mol. The van der Waals surface area contributed by atoms with Crippen molar-refractivity contribution in [2.45, 2.75) is 25.6 Å². The predicted molar refractivity (Wildman–Crippen MR) is 109 cm³/mol. The number of fused-ring (bicyclic) bond motifs is 1. The lowest BCUT2D eigenvalue weighted by atomic mass is 9.93. The minimum absolute atomic E-state index is 0.0154. The molecule has 0 saturated carbocycles. The molecule has 2 aromatic rings. The maximum absolute atomic E-state index is 12.7. The Balaban J connectivity index is 1.71. The molecule has 2 aromatic carbocycles. The first-order valence-electron chi connectivity index (χ1n) is 9.45. The van der Waals surface area contributed by atoms with Crippen LogP contribution in [0.15, 0.2) is 54.7 Å². The molecule has 0 bridgehead atoms. The summed E-state index contributed by atoms with van der Waals surface area (Å²) in [7, 11) is 0. The van der Waals surface area contributed by atoms with Gasteiger partial charge in [-0.3, -0.25) is 14.4 Å². The van der Waals surface area contributed by atoms with Crippen LogP contribution < -0.4 is 10.6 Å². The van der Waals surface area contributed by atoms with Crippen molar-refractivity contribution >= 4 is 29.5 Å². The van der Waals surface area contributed by atoms with Crippen LogP contribution >= 0.6 is 0 Å². The number of carbonyl (C=O) groups excluding carboxylic acids is 3. The van der Waals surface area contributed by atoms with Gasteiger partial charge >= 0.3 is 6.18 Å². The van der Waals surface area contributed by atoms with E-state index in [1.54, 1.807) is 17.6 Å². The highest BCUT2D eigenvalue weighted by Gasteiger charge is 2.29. The first-order valence-corrected chi connectivity index (χ1v) is 9.45. The number of alkyl halides is 3. The first-order chi connectivity index (χ1) is 14.6. The van der Waals surface area contributed by atoms with Gasteiger partial charge in [0, 0.05) is 24.4 Å². The molecule has 2 N–H and O–H groups in total. The Morgan fingerprint density at radius 1 is 1.06 bits per heavy atom. The Morgan fingerprint density at radius 2 is 1.81 bits per heavy atom. The second-order valence-corrected chi connectivity index (χ2v) is 7.02. The molecule has 3 amide bonds. The van der Waals surface area contributed by atoms with Crippen molar-refractivity contribution in [3.8, 4) is 0 Å². The summed E-state index contributed by atoms with van der Waals surface area (Å²) in [4.78, 5) is 38.1. The zero-order valence-corrected chi connectivity index (χ0v) is 16.6. The van der Waals surface area contributed by atoms with Crippen molar-refractivity contribution in [3.63, 3.8) is 0 Å². The van der Waals surface area contributed by atoms with E-state index in [1.807, 2.05) is 24.3 Å². The van der Waals surface area contributed by atoms with Gasteiger partial charge in [0.25, 0.3) is 5.91 Å². The average molecular weight is 431 g/mol. The van der Waals surface area contributed by atoms with Crippen LogP contribution in [0.3, 0.4) is 0 Å². The SMILES string of the molecule is CC(=O)N1C=Cc2ccccc2[C@H]1CC(=O)Nc1cccc(C(=O)NCC(F)(F)F)c1. The molecule has 1 heterocycles. The molecule has 3 rings (SSSR count). The van der Waals surface area contributed by atoms with Crippen LogP contribution in [-0.4, -0.2) is 35.3 Å². The molecule has 1 aliphatic rings. The number of benzene rings is 2. The molecular weight excluding hydrogens is 411 g/mol. The zero-order chi connectivity index (χ0) is 22.6. The molecule has 6 nitrogen and oxygen atoms in total. The molecule has 0 saturated heterocycles. The number of carbonyl (C=O) groups is 3. The molecule has 1 aliphatic heterocycles. The van der Waals surface area contributed by atoms with Gasteiger partial charge in [0.2, 0.25) is 11.8 Å². The summed E-state index contributed by atoms with van der Waals surface area (Å²) in [6.45, 7) is -0.0376. The third-order valence-corrected chi connectivity index (χ3v) is 4.71. The highest BCUT2D eigenvalue weighted by molar-refractivity contribution is 5.97. The number of anilines is 1. The summed E-state index contributed by atoms with van der Waals surface area (Å²) in [5.74, 6) is -1.52. The van der Waals surface area contributed by atoms with E-state index in [0.717, 1.165) is 11.1 Å². The molecule has 1 atom stereocenters. The number of hydrogen-bond donors (Lipinski definition) is 2. The van der Waals surface area contributed by atoms with Crippen LogP contribution in [0.5, 0.6) is 0 Å². The number of halogens is 3. The molecule has 0 aliphatic carbocycles. The fourth-order valence-electron chi connectivity index (χ4n) is 3.32. The van der Waals surface area contributed by atoms with E-state index < -0.39 is 30.6 Å². The van der Waals surface area contributed by atoms with Crippen LogP contribution in [0.4, 0.5) is 18.9 Å². The van der Waals surface area contributed by atoms with Crippen molar-refractivity contribution < 1.29 is 27.6 Å². The van der Waals surface area contributed by atoms with Crippen LogP contribution in [-0.2, 0) is 9.59 Å². The van der Waals surface area contributed by atoms with E-state index in [4.69, 9.17) is 0 Å². The molecule has 162 valence electrons. The van der Waals surface area contributed by atoms with Gasteiger partial charge in [-0.25, -0.2) is 0 Å². The van der Waals surface area contributed by atoms with Crippen molar-refractivity contribution in [3.05, 3.63) is 71.4 Å². The van der Waals surface area contributed by atoms with E-state index in [-0.39, 0.29) is 23.6 Å². The lowest BCUT2D eigenvalue weighted by Crippen LogP contribution is -2.34. The lowest BCUT2D eigenvalue weighted by molar-refractivity contribution is -0.129. The van der Waals surface area contributed by atoms with E-state index in [1.165, 1.54) is 36.1 Å². The zero-order valence-electron chi connectivity index (χ0n) is 16.6. The molecule has 0 spiro atoms. The van der Waals surface area contributed by atoms with Gasteiger partial charge in [-0.05, 0) is 35.4 Å². The minimum atomic E-state index is -4.52. The Hall–Kier alpha value is -3.62. The van der Waals surface area contributed by atoms with E-state index in [0.29, 0.717) is 0 Å². The Bertz CT molecular complexity index is 1030. The summed E-state index contributed by atoms with van der Waals surface area (Å²) in [6.07, 6.45) is -1.12. The molecule has 31 heavy (non-hydrogen) atoms. The van der Waals surface area contributed by atoms with Crippen LogP contribution in [0.1, 0.15) is 40.9 Å². The maximum atomic E-state index is 12.7. The summed E-state index contributed by atoms with van der Waals surface area (Å²) < 4.78 is 36.9. The number of rotatable bonds is 5. The molecular formula is C22H20F3N3O3. The van der Waals surface area contributed by atoms with E-state index in [2.05, 4.69) is 5.32 Å². The Labute approximate surface area is 176 Å². The van der Waals surface area contributed by atoms with Gasteiger partial charge in [0.1, 0.15) is 6.54 Å². The number of amides is 3.